The highest BCUT2D eigenvalue weighted by molar-refractivity contribution is 5.86. The van der Waals surface area contributed by atoms with Crippen molar-refractivity contribution in [2.45, 2.75) is 20.8 Å². The van der Waals surface area contributed by atoms with Crippen LogP contribution in [0.15, 0.2) is 42.5 Å². The lowest BCUT2D eigenvalue weighted by molar-refractivity contribution is 0.413. The lowest BCUT2D eigenvalue weighted by atomic mass is 9.95. The molecule has 0 radical (unpaired) electrons. The molecule has 2 aromatic carbocycles. The standard InChI is InChI=1S/C20H24N6/c1-20(2,3)12-26-13-25(4)18-11-14(9-10-17(18)26)15-7-5-6-8-16(15)19-21-23-24-22-19/h5-11H,12-13H2,1-4H3,(H,21,22,23,24). The Balaban J connectivity index is 1.75. The van der Waals surface area contributed by atoms with Gasteiger partial charge in [-0.25, -0.2) is 0 Å². The van der Waals surface area contributed by atoms with Gasteiger partial charge in [0, 0.05) is 19.2 Å². The van der Waals surface area contributed by atoms with Crippen molar-refractivity contribution in [2.75, 3.05) is 30.1 Å². The van der Waals surface area contributed by atoms with Crippen LogP contribution in [0.25, 0.3) is 22.5 Å². The third-order valence-electron chi connectivity index (χ3n) is 4.60. The van der Waals surface area contributed by atoms with Gasteiger partial charge >= 0.3 is 0 Å². The van der Waals surface area contributed by atoms with Crippen molar-refractivity contribution in [3.8, 4) is 22.5 Å². The number of H-pyrrole nitrogens is 1. The van der Waals surface area contributed by atoms with Gasteiger partial charge in [-0.15, -0.1) is 10.2 Å². The molecule has 1 aromatic heterocycles. The molecule has 4 rings (SSSR count). The van der Waals surface area contributed by atoms with Gasteiger partial charge in [0.1, 0.15) is 0 Å². The van der Waals surface area contributed by atoms with Crippen molar-refractivity contribution in [3.05, 3.63) is 42.5 Å². The van der Waals surface area contributed by atoms with E-state index in [-0.39, 0.29) is 5.41 Å². The smallest absolute Gasteiger partial charge is 0.205 e. The number of anilines is 2. The van der Waals surface area contributed by atoms with Crippen LogP contribution in [0.1, 0.15) is 20.8 Å². The number of tetrazole rings is 1. The largest absolute Gasteiger partial charge is 0.355 e. The second-order valence-electron chi connectivity index (χ2n) is 8.08. The molecule has 0 spiro atoms. The van der Waals surface area contributed by atoms with Crippen LogP contribution >= 0.6 is 0 Å². The minimum Gasteiger partial charge on any atom is -0.355 e. The number of rotatable bonds is 3. The summed E-state index contributed by atoms with van der Waals surface area (Å²) in [4.78, 5) is 4.76. The molecule has 1 aliphatic heterocycles. The Bertz CT molecular complexity index is 910. The molecule has 6 nitrogen and oxygen atoms in total. The van der Waals surface area contributed by atoms with Crippen molar-refractivity contribution in [1.82, 2.24) is 20.6 Å². The second-order valence-corrected chi connectivity index (χ2v) is 8.08. The first-order valence-electron chi connectivity index (χ1n) is 8.86. The Morgan fingerprint density at radius 2 is 1.81 bits per heavy atom. The predicted octanol–water partition coefficient (Wildman–Crippen LogP) is 3.79. The number of aromatic amines is 1. The molecule has 1 N–H and O–H groups in total. The van der Waals surface area contributed by atoms with Gasteiger partial charge in [0.05, 0.1) is 18.0 Å². The molecule has 2 heterocycles. The van der Waals surface area contributed by atoms with Crippen molar-refractivity contribution < 1.29 is 0 Å². The maximum atomic E-state index is 4.15. The Morgan fingerprint density at radius 1 is 1.04 bits per heavy atom. The first-order valence-corrected chi connectivity index (χ1v) is 8.86. The highest BCUT2D eigenvalue weighted by Gasteiger charge is 2.27. The first kappa shape index (κ1) is 16.6. The van der Waals surface area contributed by atoms with Crippen LogP contribution in [0.3, 0.4) is 0 Å². The molecule has 0 atom stereocenters. The molecule has 134 valence electrons. The fourth-order valence-electron chi connectivity index (χ4n) is 3.59. The monoisotopic (exact) mass is 348 g/mol. The topological polar surface area (TPSA) is 60.9 Å². The van der Waals surface area contributed by atoms with Gasteiger partial charge in [-0.2, -0.15) is 5.21 Å². The van der Waals surface area contributed by atoms with E-state index in [9.17, 15) is 0 Å². The zero-order chi connectivity index (χ0) is 18.3. The average Bonchev–Trinajstić information content (AvgIpc) is 3.23. The minimum absolute atomic E-state index is 0.256. The van der Waals surface area contributed by atoms with Crippen LogP contribution < -0.4 is 9.80 Å². The molecule has 0 saturated carbocycles. The predicted molar refractivity (Wildman–Crippen MR) is 105 cm³/mol. The van der Waals surface area contributed by atoms with Crippen LogP contribution in [-0.2, 0) is 0 Å². The van der Waals surface area contributed by atoms with Gasteiger partial charge in [-0.05, 0) is 33.9 Å². The minimum atomic E-state index is 0.256. The zero-order valence-corrected chi connectivity index (χ0v) is 15.7. The number of nitrogens with one attached hydrogen (secondary N) is 1. The number of hydrogen-bond donors (Lipinski definition) is 1. The van der Waals surface area contributed by atoms with Gasteiger partial charge in [-0.1, -0.05) is 51.1 Å². The molecular formula is C20H24N6. The molecule has 0 saturated heterocycles. The number of hydrogen-bond acceptors (Lipinski definition) is 5. The van der Waals surface area contributed by atoms with E-state index in [1.54, 1.807) is 0 Å². The lowest BCUT2D eigenvalue weighted by Crippen LogP contribution is -2.34. The van der Waals surface area contributed by atoms with Gasteiger partial charge in [0.15, 0.2) is 0 Å². The molecule has 0 bridgehead atoms. The first-order chi connectivity index (χ1) is 12.4. The molecule has 6 heteroatoms. The summed E-state index contributed by atoms with van der Waals surface area (Å²) in [5.74, 6) is 0.615. The average molecular weight is 348 g/mol. The van der Waals surface area contributed by atoms with Gasteiger partial charge < -0.3 is 9.80 Å². The number of fused-ring (bicyclic) bond motifs is 1. The lowest BCUT2D eigenvalue weighted by Gasteiger charge is -2.28. The normalized spacial score (nSPS) is 14.0. The quantitative estimate of drug-likeness (QED) is 0.780. The van der Waals surface area contributed by atoms with Gasteiger partial charge in [0.2, 0.25) is 5.82 Å². The SMILES string of the molecule is CN1CN(CC(C)(C)C)c2ccc(-c3ccccc3-c3nn[nH]n3)cc21. The van der Waals surface area contributed by atoms with Crippen LogP contribution in [0.4, 0.5) is 11.4 Å². The van der Waals surface area contributed by atoms with Gasteiger partial charge in [-0.3, -0.25) is 0 Å². The maximum absolute atomic E-state index is 4.15. The summed E-state index contributed by atoms with van der Waals surface area (Å²) in [7, 11) is 2.15. The summed E-state index contributed by atoms with van der Waals surface area (Å²) < 4.78 is 0. The van der Waals surface area contributed by atoms with Crippen molar-refractivity contribution in [1.29, 1.82) is 0 Å². The third kappa shape index (κ3) is 3.03. The van der Waals surface area contributed by atoms with Crippen molar-refractivity contribution >= 4 is 11.4 Å². The molecule has 1 aliphatic rings. The van der Waals surface area contributed by atoms with E-state index in [0.717, 1.165) is 29.9 Å². The van der Waals surface area contributed by atoms with E-state index in [4.69, 9.17) is 0 Å². The molecule has 0 amide bonds. The third-order valence-corrected chi connectivity index (χ3v) is 4.60. The van der Waals surface area contributed by atoms with E-state index in [2.05, 4.69) is 82.5 Å². The summed E-state index contributed by atoms with van der Waals surface area (Å²) in [6.45, 7) is 8.78. The number of aromatic nitrogens is 4. The highest BCUT2D eigenvalue weighted by Crippen LogP contribution is 2.41. The maximum Gasteiger partial charge on any atom is 0.205 e. The fourth-order valence-corrected chi connectivity index (χ4v) is 3.59. The van der Waals surface area contributed by atoms with Crippen molar-refractivity contribution in [3.63, 3.8) is 0 Å². The fraction of sp³-hybridized carbons (Fsp3) is 0.350. The van der Waals surface area contributed by atoms with Crippen LogP contribution in [0, 0.1) is 5.41 Å². The molecule has 3 aromatic rings. The zero-order valence-electron chi connectivity index (χ0n) is 15.7. The van der Waals surface area contributed by atoms with E-state index in [1.807, 2.05) is 18.2 Å². The molecule has 0 unspecified atom stereocenters. The van der Waals surface area contributed by atoms with Crippen LogP contribution in [0.5, 0.6) is 0 Å². The Kier molecular flexibility index (Phi) is 3.90. The van der Waals surface area contributed by atoms with E-state index < -0.39 is 0 Å². The van der Waals surface area contributed by atoms with Crippen LogP contribution in [-0.4, -0.2) is 40.9 Å². The number of benzene rings is 2. The summed E-state index contributed by atoms with van der Waals surface area (Å²) in [6, 6.07) is 14.9. The van der Waals surface area contributed by atoms with Crippen LogP contribution in [0.2, 0.25) is 0 Å². The molecule has 26 heavy (non-hydrogen) atoms. The molecule has 0 aliphatic carbocycles. The summed E-state index contributed by atoms with van der Waals surface area (Å²) in [5.41, 5.74) is 6.06. The highest BCUT2D eigenvalue weighted by atomic mass is 15.5. The van der Waals surface area contributed by atoms with Crippen molar-refractivity contribution in [2.24, 2.45) is 5.41 Å². The Morgan fingerprint density at radius 3 is 2.50 bits per heavy atom. The van der Waals surface area contributed by atoms with E-state index >= 15 is 0 Å². The molecular weight excluding hydrogens is 324 g/mol. The van der Waals surface area contributed by atoms with E-state index in [1.165, 1.54) is 11.4 Å². The summed E-state index contributed by atoms with van der Waals surface area (Å²) >= 11 is 0. The second kappa shape index (κ2) is 6.12. The Hall–Kier alpha value is -2.89. The summed E-state index contributed by atoms with van der Waals surface area (Å²) in [5, 5.41) is 14.5. The Labute approximate surface area is 153 Å². The molecule has 0 fully saturated rings. The van der Waals surface area contributed by atoms with Gasteiger partial charge in [0.25, 0.3) is 0 Å². The summed E-state index contributed by atoms with van der Waals surface area (Å²) in [6.07, 6.45) is 0. The van der Waals surface area contributed by atoms with E-state index in [0.29, 0.717) is 5.82 Å². The number of nitrogens with zero attached hydrogens (tertiary/aromatic N) is 5.